The van der Waals surface area contributed by atoms with Crippen LogP contribution < -0.4 is 15.2 Å². The first kappa shape index (κ1) is 18.9. The van der Waals surface area contributed by atoms with E-state index in [1.165, 1.54) is 7.11 Å². The number of hydrogen-bond acceptors (Lipinski definition) is 5. The molecule has 0 saturated heterocycles. The third-order valence-corrected chi connectivity index (χ3v) is 4.31. The zero-order chi connectivity index (χ0) is 19.4. The lowest BCUT2D eigenvalue weighted by atomic mass is 10.0. The second kappa shape index (κ2) is 8.24. The number of carbonyl (C=O) groups is 1. The van der Waals surface area contributed by atoms with Crippen LogP contribution in [0, 0.1) is 0 Å². The van der Waals surface area contributed by atoms with Gasteiger partial charge < -0.3 is 15.2 Å². The number of amides is 1. The van der Waals surface area contributed by atoms with Gasteiger partial charge in [0.15, 0.2) is 6.10 Å². The molecule has 1 unspecified atom stereocenters. The molecule has 138 valence electrons. The molecule has 0 aliphatic rings. The van der Waals surface area contributed by atoms with Crippen LogP contribution in [0.25, 0.3) is 0 Å². The molecule has 0 bridgehead atoms. The van der Waals surface area contributed by atoms with Gasteiger partial charge in [0.2, 0.25) is 5.88 Å². The van der Waals surface area contributed by atoms with E-state index in [-0.39, 0.29) is 5.56 Å². The van der Waals surface area contributed by atoms with Crippen molar-refractivity contribution < 1.29 is 14.3 Å². The second-order valence-electron chi connectivity index (χ2n) is 5.47. The standard InChI is InChI=1S/C19H15Cl2N3O3/c1-26-19-13(5-3-9-24-19)17(16-12(18(22)25)4-2-8-23-16)27-15-10-11(20)6-7-14(15)21/h2-10,17H,1H3,(H2,22,25). The summed E-state index contributed by atoms with van der Waals surface area (Å²) in [5.74, 6) is 0.00891. The molecular formula is C19H15Cl2N3O3. The molecule has 2 aromatic heterocycles. The van der Waals surface area contributed by atoms with Gasteiger partial charge in [-0.15, -0.1) is 0 Å². The van der Waals surface area contributed by atoms with Crippen LogP contribution >= 0.6 is 23.2 Å². The molecule has 0 radical (unpaired) electrons. The second-order valence-corrected chi connectivity index (χ2v) is 6.32. The van der Waals surface area contributed by atoms with Crippen molar-refractivity contribution in [3.05, 3.63) is 81.7 Å². The van der Waals surface area contributed by atoms with Crippen molar-refractivity contribution in [2.24, 2.45) is 5.73 Å². The number of hydrogen-bond donors (Lipinski definition) is 1. The molecule has 3 rings (SSSR count). The summed E-state index contributed by atoms with van der Waals surface area (Å²) >= 11 is 12.3. The topological polar surface area (TPSA) is 87.3 Å². The number of carbonyl (C=O) groups excluding carboxylic acids is 1. The summed E-state index contributed by atoms with van der Waals surface area (Å²) in [6.07, 6.45) is 2.27. The number of nitrogens with two attached hydrogens (primary N) is 1. The molecule has 1 amide bonds. The number of rotatable bonds is 6. The number of ether oxygens (including phenoxy) is 2. The third kappa shape index (κ3) is 4.13. The Morgan fingerprint density at radius 1 is 1.11 bits per heavy atom. The van der Waals surface area contributed by atoms with Crippen LogP contribution in [0.1, 0.15) is 27.7 Å². The molecule has 8 heteroatoms. The molecule has 0 fully saturated rings. The van der Waals surface area contributed by atoms with Gasteiger partial charge in [-0.2, -0.15) is 0 Å². The van der Waals surface area contributed by atoms with E-state index < -0.39 is 12.0 Å². The highest BCUT2D eigenvalue weighted by Gasteiger charge is 2.27. The van der Waals surface area contributed by atoms with Crippen molar-refractivity contribution in [2.75, 3.05) is 7.11 Å². The van der Waals surface area contributed by atoms with Gasteiger partial charge >= 0.3 is 0 Å². The Balaban J connectivity index is 2.18. The molecule has 2 heterocycles. The Hall–Kier alpha value is -2.83. The van der Waals surface area contributed by atoms with Crippen molar-refractivity contribution >= 4 is 29.1 Å². The van der Waals surface area contributed by atoms with Crippen LogP contribution in [0.15, 0.2) is 54.9 Å². The number of primary amides is 1. The number of nitrogens with zero attached hydrogens (tertiary/aromatic N) is 2. The smallest absolute Gasteiger partial charge is 0.250 e. The summed E-state index contributed by atoms with van der Waals surface area (Å²) in [5, 5.41) is 0.797. The van der Waals surface area contributed by atoms with Gasteiger partial charge in [-0.05, 0) is 36.4 Å². The van der Waals surface area contributed by atoms with E-state index in [1.54, 1.807) is 54.9 Å². The van der Waals surface area contributed by atoms with E-state index >= 15 is 0 Å². The van der Waals surface area contributed by atoms with Crippen molar-refractivity contribution in [3.63, 3.8) is 0 Å². The molecule has 2 N–H and O–H groups in total. The van der Waals surface area contributed by atoms with Gasteiger partial charge in [-0.3, -0.25) is 9.78 Å². The Labute approximate surface area is 165 Å². The fourth-order valence-electron chi connectivity index (χ4n) is 2.57. The van der Waals surface area contributed by atoms with Crippen molar-refractivity contribution in [2.45, 2.75) is 6.10 Å². The lowest BCUT2D eigenvalue weighted by Gasteiger charge is -2.22. The first-order valence-electron chi connectivity index (χ1n) is 7.86. The van der Waals surface area contributed by atoms with Gasteiger partial charge in [0.1, 0.15) is 5.75 Å². The fourth-order valence-corrected chi connectivity index (χ4v) is 2.89. The zero-order valence-electron chi connectivity index (χ0n) is 14.2. The maximum atomic E-state index is 11.9. The minimum Gasteiger partial charge on any atom is -0.481 e. The highest BCUT2D eigenvalue weighted by Crippen LogP contribution is 2.37. The number of benzene rings is 1. The Morgan fingerprint density at radius 3 is 2.59 bits per heavy atom. The highest BCUT2D eigenvalue weighted by atomic mass is 35.5. The zero-order valence-corrected chi connectivity index (χ0v) is 15.7. The van der Waals surface area contributed by atoms with E-state index in [0.717, 1.165) is 0 Å². The summed E-state index contributed by atoms with van der Waals surface area (Å²) in [6.45, 7) is 0. The normalized spacial score (nSPS) is 11.7. The van der Waals surface area contributed by atoms with Gasteiger partial charge in [-0.1, -0.05) is 23.2 Å². The highest BCUT2D eigenvalue weighted by molar-refractivity contribution is 6.34. The third-order valence-electron chi connectivity index (χ3n) is 3.77. The van der Waals surface area contributed by atoms with E-state index in [2.05, 4.69) is 9.97 Å². The van der Waals surface area contributed by atoms with Crippen LogP contribution in [0.3, 0.4) is 0 Å². The summed E-state index contributed by atoms with van der Waals surface area (Å²) in [6, 6.07) is 11.5. The molecule has 1 aromatic carbocycles. The van der Waals surface area contributed by atoms with Crippen LogP contribution in [-0.2, 0) is 0 Å². The lowest BCUT2D eigenvalue weighted by molar-refractivity contribution is 0.0995. The van der Waals surface area contributed by atoms with Crippen molar-refractivity contribution in [1.82, 2.24) is 9.97 Å². The minimum absolute atomic E-state index is 0.214. The largest absolute Gasteiger partial charge is 0.481 e. The van der Waals surface area contributed by atoms with E-state index in [1.807, 2.05) is 0 Å². The average Bonchev–Trinajstić information content (AvgIpc) is 2.68. The molecule has 0 saturated carbocycles. The van der Waals surface area contributed by atoms with Crippen LogP contribution in [-0.4, -0.2) is 23.0 Å². The van der Waals surface area contributed by atoms with Crippen LogP contribution in [0.5, 0.6) is 11.6 Å². The lowest BCUT2D eigenvalue weighted by Crippen LogP contribution is -2.20. The van der Waals surface area contributed by atoms with Gasteiger partial charge in [-0.25, -0.2) is 4.98 Å². The first-order valence-corrected chi connectivity index (χ1v) is 8.62. The monoisotopic (exact) mass is 403 g/mol. The van der Waals surface area contributed by atoms with Crippen LogP contribution in [0.4, 0.5) is 0 Å². The Bertz CT molecular complexity index is 982. The van der Waals surface area contributed by atoms with Crippen molar-refractivity contribution in [3.8, 4) is 11.6 Å². The predicted molar refractivity (Wildman–Crippen MR) is 102 cm³/mol. The molecule has 0 aliphatic carbocycles. The van der Waals surface area contributed by atoms with E-state index in [0.29, 0.717) is 32.9 Å². The molecular weight excluding hydrogens is 389 g/mol. The molecule has 3 aromatic rings. The van der Waals surface area contributed by atoms with Crippen LogP contribution in [0.2, 0.25) is 10.0 Å². The average molecular weight is 404 g/mol. The van der Waals surface area contributed by atoms with Crippen molar-refractivity contribution in [1.29, 1.82) is 0 Å². The maximum absolute atomic E-state index is 11.9. The SMILES string of the molecule is COc1ncccc1C(Oc1cc(Cl)ccc1Cl)c1ncccc1C(N)=O. The molecule has 1 atom stereocenters. The number of pyridine rings is 2. The Morgan fingerprint density at radius 2 is 1.85 bits per heavy atom. The predicted octanol–water partition coefficient (Wildman–Crippen LogP) is 4.06. The molecule has 6 nitrogen and oxygen atoms in total. The molecule has 0 spiro atoms. The summed E-state index contributed by atoms with van der Waals surface area (Å²) in [4.78, 5) is 20.4. The van der Waals surface area contributed by atoms with Gasteiger partial charge in [0.25, 0.3) is 5.91 Å². The molecule has 0 aliphatic heterocycles. The summed E-state index contributed by atoms with van der Waals surface area (Å²) in [5.41, 5.74) is 6.60. The summed E-state index contributed by atoms with van der Waals surface area (Å²) < 4.78 is 11.5. The quantitative estimate of drug-likeness (QED) is 0.670. The molecule has 27 heavy (non-hydrogen) atoms. The van der Waals surface area contributed by atoms with E-state index in [4.69, 9.17) is 38.4 Å². The minimum atomic E-state index is -0.853. The maximum Gasteiger partial charge on any atom is 0.250 e. The number of aromatic nitrogens is 2. The number of methoxy groups -OCH3 is 1. The van der Waals surface area contributed by atoms with Gasteiger partial charge in [0, 0.05) is 23.5 Å². The van der Waals surface area contributed by atoms with Gasteiger partial charge in [0.05, 0.1) is 29.0 Å². The first-order chi connectivity index (χ1) is 13.0. The van der Waals surface area contributed by atoms with E-state index in [9.17, 15) is 4.79 Å². The summed E-state index contributed by atoms with van der Waals surface area (Å²) in [7, 11) is 1.49. The number of halogens is 2. The fraction of sp³-hybridized carbons (Fsp3) is 0.105. The Kier molecular flexibility index (Phi) is 5.78.